The van der Waals surface area contributed by atoms with Gasteiger partial charge in [-0.15, -0.1) is 0 Å². The number of anilines is 1. The lowest BCUT2D eigenvalue weighted by Crippen LogP contribution is -2.53. The lowest BCUT2D eigenvalue weighted by atomic mass is 9.91. The van der Waals surface area contributed by atoms with E-state index in [1.165, 1.54) is 0 Å². The maximum Gasteiger partial charge on any atom is 0.310 e. The number of likely N-dealkylation sites (tertiary alicyclic amines) is 1. The van der Waals surface area contributed by atoms with E-state index in [1.807, 2.05) is 42.2 Å². The first-order chi connectivity index (χ1) is 15.4. The SMILES string of the molecule is CCC(=O)N1c2ccccc2[C@H](NCc2ccc(C(=O)N3CC(C(=O)O)C3)cc2)C[C@@H]1C. The van der Waals surface area contributed by atoms with Crippen LogP contribution in [0.1, 0.15) is 54.2 Å². The second-order valence-corrected chi connectivity index (χ2v) is 8.64. The smallest absolute Gasteiger partial charge is 0.310 e. The van der Waals surface area contributed by atoms with Gasteiger partial charge in [0.15, 0.2) is 0 Å². The van der Waals surface area contributed by atoms with E-state index in [0.717, 1.165) is 23.2 Å². The summed E-state index contributed by atoms with van der Waals surface area (Å²) in [6, 6.07) is 15.8. The van der Waals surface area contributed by atoms with Gasteiger partial charge < -0.3 is 20.2 Å². The average molecular weight is 436 g/mol. The molecule has 2 N–H and O–H groups in total. The van der Waals surface area contributed by atoms with Crippen LogP contribution in [0.2, 0.25) is 0 Å². The Morgan fingerprint density at radius 3 is 2.41 bits per heavy atom. The summed E-state index contributed by atoms with van der Waals surface area (Å²) in [5, 5.41) is 12.6. The third-order valence-corrected chi connectivity index (χ3v) is 6.43. The Hall–Kier alpha value is -3.19. The highest BCUT2D eigenvalue weighted by Crippen LogP contribution is 2.37. The van der Waals surface area contributed by atoms with E-state index in [9.17, 15) is 14.4 Å². The molecule has 2 aliphatic rings. The predicted octanol–water partition coefficient (Wildman–Crippen LogP) is 3.21. The number of nitrogens with zero attached hydrogens (tertiary/aromatic N) is 2. The van der Waals surface area contributed by atoms with E-state index in [4.69, 9.17) is 5.11 Å². The molecule has 2 aromatic carbocycles. The zero-order chi connectivity index (χ0) is 22.8. The molecule has 2 atom stereocenters. The first-order valence-corrected chi connectivity index (χ1v) is 11.1. The van der Waals surface area contributed by atoms with Gasteiger partial charge in [-0.3, -0.25) is 14.4 Å². The molecule has 0 unspecified atom stereocenters. The van der Waals surface area contributed by atoms with Gasteiger partial charge in [0.05, 0.1) is 5.92 Å². The average Bonchev–Trinajstić information content (AvgIpc) is 2.76. The van der Waals surface area contributed by atoms with Crippen LogP contribution in [-0.2, 0) is 16.1 Å². The van der Waals surface area contributed by atoms with Gasteiger partial charge in [0.25, 0.3) is 5.91 Å². The minimum Gasteiger partial charge on any atom is -0.481 e. The first-order valence-electron chi connectivity index (χ1n) is 11.1. The van der Waals surface area contributed by atoms with Crippen LogP contribution in [0.15, 0.2) is 48.5 Å². The molecule has 0 bridgehead atoms. The zero-order valence-electron chi connectivity index (χ0n) is 18.5. The van der Waals surface area contributed by atoms with Gasteiger partial charge >= 0.3 is 5.97 Å². The summed E-state index contributed by atoms with van der Waals surface area (Å²) in [7, 11) is 0. The van der Waals surface area contributed by atoms with Crippen LogP contribution in [0, 0.1) is 5.92 Å². The molecule has 2 amide bonds. The van der Waals surface area contributed by atoms with Crippen molar-refractivity contribution in [1.29, 1.82) is 0 Å². The maximum atomic E-state index is 12.5. The van der Waals surface area contributed by atoms with E-state index < -0.39 is 11.9 Å². The second-order valence-electron chi connectivity index (χ2n) is 8.64. The molecule has 0 saturated carbocycles. The molecule has 2 aliphatic heterocycles. The van der Waals surface area contributed by atoms with Crippen LogP contribution in [0.25, 0.3) is 0 Å². The number of nitrogens with one attached hydrogen (secondary N) is 1. The highest BCUT2D eigenvalue weighted by atomic mass is 16.4. The van der Waals surface area contributed by atoms with Gasteiger partial charge in [0, 0.05) is 49.4 Å². The number of amides is 2. The summed E-state index contributed by atoms with van der Waals surface area (Å²) in [5.74, 6) is -1.29. The van der Waals surface area contributed by atoms with Gasteiger partial charge in [0.2, 0.25) is 5.91 Å². The molecule has 4 rings (SSSR count). The van der Waals surface area contributed by atoms with Crippen LogP contribution in [0.4, 0.5) is 5.69 Å². The lowest BCUT2D eigenvalue weighted by Gasteiger charge is -2.39. The third-order valence-electron chi connectivity index (χ3n) is 6.43. The summed E-state index contributed by atoms with van der Waals surface area (Å²) < 4.78 is 0. The molecule has 0 spiro atoms. The van der Waals surface area contributed by atoms with Gasteiger partial charge in [-0.25, -0.2) is 0 Å². The van der Waals surface area contributed by atoms with Crippen molar-refractivity contribution in [3.8, 4) is 0 Å². The number of carbonyl (C=O) groups excluding carboxylic acids is 2. The Kier molecular flexibility index (Phi) is 6.28. The highest BCUT2D eigenvalue weighted by Gasteiger charge is 2.36. The monoisotopic (exact) mass is 435 g/mol. The topological polar surface area (TPSA) is 90.0 Å². The Balaban J connectivity index is 1.40. The summed E-state index contributed by atoms with van der Waals surface area (Å²) >= 11 is 0. The molecule has 0 aliphatic carbocycles. The van der Waals surface area contributed by atoms with Crippen LogP contribution < -0.4 is 10.2 Å². The molecular formula is C25H29N3O4. The van der Waals surface area contributed by atoms with E-state index >= 15 is 0 Å². The molecule has 2 aromatic rings. The molecule has 1 saturated heterocycles. The molecule has 0 aromatic heterocycles. The van der Waals surface area contributed by atoms with Crippen LogP contribution in [0.5, 0.6) is 0 Å². The first kappa shape index (κ1) is 22.0. The minimum absolute atomic E-state index is 0.112. The Bertz CT molecular complexity index is 1010. The number of carboxylic acid groups (broad SMARTS) is 1. The molecule has 168 valence electrons. The van der Waals surface area contributed by atoms with E-state index in [2.05, 4.69) is 18.3 Å². The summed E-state index contributed by atoms with van der Waals surface area (Å²) in [4.78, 5) is 39.4. The lowest BCUT2D eigenvalue weighted by molar-refractivity contribution is -0.146. The highest BCUT2D eigenvalue weighted by molar-refractivity contribution is 5.96. The molecule has 2 heterocycles. The second kappa shape index (κ2) is 9.12. The Morgan fingerprint density at radius 2 is 1.75 bits per heavy atom. The largest absolute Gasteiger partial charge is 0.481 e. The van der Waals surface area contributed by atoms with Crippen molar-refractivity contribution < 1.29 is 19.5 Å². The normalized spacial score (nSPS) is 20.4. The fourth-order valence-corrected chi connectivity index (χ4v) is 4.55. The van der Waals surface area contributed by atoms with Gasteiger partial charge in [0.1, 0.15) is 0 Å². The van der Waals surface area contributed by atoms with E-state index in [1.54, 1.807) is 17.0 Å². The standard InChI is InChI=1S/C25H29N3O4/c1-3-23(29)28-16(2)12-21(20-6-4-5-7-22(20)28)26-13-17-8-10-18(11-9-17)24(30)27-14-19(15-27)25(31)32/h4-11,16,19,21,26H,3,12-15H2,1-2H3,(H,31,32)/t16-,21+/m0/s1. The van der Waals surface area contributed by atoms with Crippen molar-refractivity contribution in [2.75, 3.05) is 18.0 Å². The van der Waals surface area contributed by atoms with Crippen LogP contribution >= 0.6 is 0 Å². The molecule has 32 heavy (non-hydrogen) atoms. The van der Waals surface area contributed by atoms with Gasteiger partial charge in [-0.2, -0.15) is 0 Å². The third kappa shape index (κ3) is 4.25. The van der Waals surface area contributed by atoms with Crippen LogP contribution in [-0.4, -0.2) is 46.9 Å². The zero-order valence-corrected chi connectivity index (χ0v) is 18.5. The van der Waals surface area contributed by atoms with Crippen molar-refractivity contribution in [2.45, 2.75) is 45.3 Å². The number of fused-ring (bicyclic) bond motifs is 1. The predicted molar refractivity (Wildman–Crippen MR) is 121 cm³/mol. The summed E-state index contributed by atoms with van der Waals surface area (Å²) in [6.45, 7) is 5.17. The van der Waals surface area contributed by atoms with Crippen molar-refractivity contribution >= 4 is 23.5 Å². The molecule has 7 heteroatoms. The fraction of sp³-hybridized carbons (Fsp3) is 0.400. The van der Waals surface area contributed by atoms with Crippen molar-refractivity contribution in [1.82, 2.24) is 10.2 Å². The van der Waals surface area contributed by atoms with Crippen LogP contribution in [0.3, 0.4) is 0 Å². The number of aliphatic carboxylic acids is 1. The summed E-state index contributed by atoms with van der Waals surface area (Å²) in [6.07, 6.45) is 1.31. The number of para-hydroxylation sites is 1. The number of benzene rings is 2. The number of hydrogen-bond acceptors (Lipinski definition) is 4. The van der Waals surface area contributed by atoms with Crippen molar-refractivity contribution in [3.05, 3.63) is 65.2 Å². The van der Waals surface area contributed by atoms with E-state index in [-0.39, 0.29) is 37.0 Å². The number of carboxylic acids is 1. The minimum atomic E-state index is -0.851. The molecule has 7 nitrogen and oxygen atoms in total. The molecule has 1 fully saturated rings. The number of hydrogen-bond donors (Lipinski definition) is 2. The van der Waals surface area contributed by atoms with Gasteiger partial charge in [-0.1, -0.05) is 37.3 Å². The quantitative estimate of drug-likeness (QED) is 0.727. The fourth-order valence-electron chi connectivity index (χ4n) is 4.55. The number of carbonyl (C=O) groups is 3. The Labute approximate surface area is 188 Å². The van der Waals surface area contributed by atoms with Crippen molar-refractivity contribution in [3.63, 3.8) is 0 Å². The molecular weight excluding hydrogens is 406 g/mol. The summed E-state index contributed by atoms with van der Waals surface area (Å²) in [5.41, 5.74) is 3.74. The maximum absolute atomic E-state index is 12.5. The molecule has 0 radical (unpaired) electrons. The number of rotatable bonds is 6. The van der Waals surface area contributed by atoms with Gasteiger partial charge in [-0.05, 0) is 42.7 Å². The van der Waals surface area contributed by atoms with Crippen molar-refractivity contribution in [2.24, 2.45) is 5.92 Å². The Morgan fingerprint density at radius 1 is 1.06 bits per heavy atom. The van der Waals surface area contributed by atoms with E-state index in [0.29, 0.717) is 18.5 Å².